The lowest BCUT2D eigenvalue weighted by atomic mass is 10.3. The Morgan fingerprint density at radius 1 is 1.35 bits per heavy atom. The third-order valence-electron chi connectivity index (χ3n) is 2.84. The quantitative estimate of drug-likeness (QED) is 0.851. The Morgan fingerprint density at radius 3 is 2.80 bits per heavy atom. The van der Waals surface area contributed by atoms with E-state index in [1.807, 2.05) is 13.0 Å². The lowest BCUT2D eigenvalue weighted by molar-refractivity contribution is 0.465. The molecular formula is C13H18N2O3S2. The molecule has 20 heavy (non-hydrogen) atoms. The molecule has 0 amide bonds. The van der Waals surface area contributed by atoms with Gasteiger partial charge in [-0.3, -0.25) is 0 Å². The third-order valence-corrected chi connectivity index (χ3v) is 6.19. The Morgan fingerprint density at radius 2 is 2.15 bits per heavy atom. The van der Waals surface area contributed by atoms with Crippen molar-refractivity contribution in [2.24, 2.45) is 0 Å². The fourth-order valence-electron chi connectivity index (χ4n) is 1.72. The lowest BCUT2D eigenvalue weighted by Gasteiger charge is -2.14. The summed E-state index contributed by atoms with van der Waals surface area (Å²) < 4.78 is 31.5. The van der Waals surface area contributed by atoms with Crippen molar-refractivity contribution in [1.82, 2.24) is 9.62 Å². The van der Waals surface area contributed by atoms with E-state index in [9.17, 15) is 8.42 Å². The van der Waals surface area contributed by atoms with Crippen LogP contribution in [0.4, 0.5) is 0 Å². The molecule has 2 aromatic rings. The van der Waals surface area contributed by atoms with Gasteiger partial charge in [0.2, 0.25) is 0 Å². The van der Waals surface area contributed by atoms with Gasteiger partial charge in [-0.1, -0.05) is 6.92 Å². The highest BCUT2D eigenvalue weighted by Gasteiger charge is 2.23. The van der Waals surface area contributed by atoms with E-state index in [-0.39, 0.29) is 0 Å². The highest BCUT2D eigenvalue weighted by atomic mass is 32.2. The van der Waals surface area contributed by atoms with Gasteiger partial charge in [0, 0.05) is 30.6 Å². The van der Waals surface area contributed by atoms with Crippen LogP contribution in [0.25, 0.3) is 0 Å². The summed E-state index contributed by atoms with van der Waals surface area (Å²) in [4.78, 5) is 1.02. The molecule has 0 aromatic carbocycles. The molecule has 110 valence electrons. The van der Waals surface area contributed by atoms with Crippen molar-refractivity contribution >= 4 is 21.4 Å². The molecule has 5 nitrogen and oxygen atoms in total. The number of furan rings is 1. The molecule has 0 spiro atoms. The van der Waals surface area contributed by atoms with Crippen LogP contribution in [0, 0.1) is 0 Å². The number of sulfonamides is 1. The van der Waals surface area contributed by atoms with Crippen LogP contribution in [-0.4, -0.2) is 26.3 Å². The van der Waals surface area contributed by atoms with Crippen molar-refractivity contribution in [3.05, 3.63) is 41.2 Å². The van der Waals surface area contributed by atoms with Gasteiger partial charge in [0.05, 0.1) is 12.5 Å². The minimum absolute atomic E-state index is 0.305. The summed E-state index contributed by atoms with van der Waals surface area (Å²) in [7, 11) is -1.86. The zero-order valence-electron chi connectivity index (χ0n) is 11.5. The SMILES string of the molecule is CCNCc1ccc(S(=O)(=O)N(C)Cc2ccoc2)s1. The molecule has 7 heteroatoms. The highest BCUT2D eigenvalue weighted by Crippen LogP contribution is 2.25. The average molecular weight is 314 g/mol. The van der Waals surface area contributed by atoms with Gasteiger partial charge < -0.3 is 9.73 Å². The van der Waals surface area contributed by atoms with Gasteiger partial charge in [-0.2, -0.15) is 4.31 Å². The average Bonchev–Trinajstić information content (AvgIpc) is 3.07. The predicted molar refractivity (Wildman–Crippen MR) is 79.1 cm³/mol. The second-order valence-electron chi connectivity index (χ2n) is 4.39. The Hall–Kier alpha value is -1.15. The Kier molecular flexibility index (Phi) is 4.98. The first kappa shape index (κ1) is 15.2. The van der Waals surface area contributed by atoms with E-state index in [0.29, 0.717) is 17.3 Å². The second kappa shape index (κ2) is 6.53. The number of hydrogen-bond acceptors (Lipinski definition) is 5. The molecule has 0 saturated heterocycles. The molecule has 0 radical (unpaired) electrons. The maximum absolute atomic E-state index is 12.4. The standard InChI is InChI=1S/C13H18N2O3S2/c1-3-14-8-12-4-5-13(19-12)20(16,17)15(2)9-11-6-7-18-10-11/h4-7,10,14H,3,8-9H2,1-2H3. The molecule has 0 unspecified atom stereocenters. The van der Waals surface area contributed by atoms with Crippen molar-refractivity contribution in [3.63, 3.8) is 0 Å². The molecule has 0 saturated carbocycles. The van der Waals surface area contributed by atoms with Gasteiger partial charge in [-0.15, -0.1) is 11.3 Å². The molecule has 0 aliphatic rings. The van der Waals surface area contributed by atoms with E-state index in [1.54, 1.807) is 25.4 Å². The fourth-order valence-corrected chi connectivity index (χ4v) is 4.41. The summed E-state index contributed by atoms with van der Waals surface area (Å²) in [6.07, 6.45) is 3.09. The van der Waals surface area contributed by atoms with Crippen LogP contribution in [0.5, 0.6) is 0 Å². The first-order chi connectivity index (χ1) is 9.54. The van der Waals surface area contributed by atoms with Crippen LogP contribution in [0.1, 0.15) is 17.4 Å². The van der Waals surface area contributed by atoms with Gasteiger partial charge in [0.15, 0.2) is 0 Å². The van der Waals surface area contributed by atoms with E-state index in [2.05, 4.69) is 5.32 Å². The predicted octanol–water partition coefficient (Wildman–Crippen LogP) is 2.27. The molecule has 2 rings (SSSR count). The van der Waals surface area contributed by atoms with Crippen LogP contribution in [0.2, 0.25) is 0 Å². The van der Waals surface area contributed by atoms with Crippen molar-refractivity contribution in [2.45, 2.75) is 24.2 Å². The zero-order valence-corrected chi connectivity index (χ0v) is 13.1. The smallest absolute Gasteiger partial charge is 0.252 e. The normalized spacial score (nSPS) is 12.2. The monoisotopic (exact) mass is 314 g/mol. The Labute approximate surface area is 123 Å². The fraction of sp³-hybridized carbons (Fsp3) is 0.385. The Bertz CT molecular complexity index is 632. The molecule has 0 bridgehead atoms. The number of nitrogens with one attached hydrogen (secondary N) is 1. The van der Waals surface area contributed by atoms with E-state index in [4.69, 9.17) is 4.42 Å². The van der Waals surface area contributed by atoms with Crippen LogP contribution >= 0.6 is 11.3 Å². The van der Waals surface area contributed by atoms with Crippen molar-refractivity contribution in [2.75, 3.05) is 13.6 Å². The van der Waals surface area contributed by atoms with Gasteiger partial charge in [0.25, 0.3) is 10.0 Å². The zero-order chi connectivity index (χ0) is 14.6. The molecule has 2 aromatic heterocycles. The van der Waals surface area contributed by atoms with Gasteiger partial charge in [-0.25, -0.2) is 8.42 Å². The maximum Gasteiger partial charge on any atom is 0.252 e. The number of nitrogens with zero attached hydrogens (tertiary/aromatic N) is 1. The topological polar surface area (TPSA) is 62.6 Å². The molecular weight excluding hydrogens is 296 g/mol. The summed E-state index contributed by atoms with van der Waals surface area (Å²) in [6.45, 7) is 3.88. The number of rotatable bonds is 7. The largest absolute Gasteiger partial charge is 0.472 e. The second-order valence-corrected chi connectivity index (χ2v) is 7.83. The van der Waals surface area contributed by atoms with E-state index < -0.39 is 10.0 Å². The molecule has 0 aliphatic heterocycles. The lowest BCUT2D eigenvalue weighted by Crippen LogP contribution is -2.25. The van der Waals surface area contributed by atoms with Crippen LogP contribution < -0.4 is 5.32 Å². The first-order valence-corrected chi connectivity index (χ1v) is 8.56. The highest BCUT2D eigenvalue weighted by molar-refractivity contribution is 7.91. The molecule has 1 N–H and O–H groups in total. The van der Waals surface area contributed by atoms with Crippen LogP contribution in [-0.2, 0) is 23.1 Å². The molecule has 0 aliphatic carbocycles. The maximum atomic E-state index is 12.4. The summed E-state index contributed by atoms with van der Waals surface area (Å²) in [5.41, 5.74) is 0.834. The first-order valence-electron chi connectivity index (χ1n) is 6.31. The van der Waals surface area contributed by atoms with Crippen molar-refractivity contribution in [3.8, 4) is 0 Å². The summed E-state index contributed by atoms with van der Waals surface area (Å²) in [5, 5.41) is 3.18. The van der Waals surface area contributed by atoms with Crippen molar-refractivity contribution in [1.29, 1.82) is 0 Å². The van der Waals surface area contributed by atoms with Gasteiger partial charge >= 0.3 is 0 Å². The molecule has 0 fully saturated rings. The number of thiophene rings is 1. The summed E-state index contributed by atoms with van der Waals surface area (Å²) >= 11 is 1.31. The van der Waals surface area contributed by atoms with Crippen molar-refractivity contribution < 1.29 is 12.8 Å². The number of hydrogen-bond donors (Lipinski definition) is 1. The van der Waals surface area contributed by atoms with Crippen LogP contribution in [0.3, 0.4) is 0 Å². The minimum atomic E-state index is -3.44. The molecule has 0 atom stereocenters. The van der Waals surface area contributed by atoms with Crippen LogP contribution in [0.15, 0.2) is 39.4 Å². The Balaban J connectivity index is 2.10. The summed E-state index contributed by atoms with van der Waals surface area (Å²) in [6, 6.07) is 5.28. The third kappa shape index (κ3) is 3.49. The minimum Gasteiger partial charge on any atom is -0.472 e. The van der Waals surface area contributed by atoms with E-state index in [1.165, 1.54) is 21.9 Å². The van der Waals surface area contributed by atoms with E-state index in [0.717, 1.165) is 17.0 Å². The summed E-state index contributed by atoms with van der Waals surface area (Å²) in [5.74, 6) is 0. The van der Waals surface area contributed by atoms with Gasteiger partial charge in [0.1, 0.15) is 4.21 Å². The molecule has 2 heterocycles. The van der Waals surface area contributed by atoms with Gasteiger partial charge in [-0.05, 0) is 24.7 Å². The van der Waals surface area contributed by atoms with E-state index >= 15 is 0 Å².